The normalized spacial score (nSPS) is 16.6. The van der Waals surface area contributed by atoms with E-state index in [0.717, 1.165) is 31.6 Å². The zero-order valence-electron chi connectivity index (χ0n) is 13.3. The third kappa shape index (κ3) is 2.97. The second-order valence-corrected chi connectivity index (χ2v) is 6.22. The first-order valence-electron chi connectivity index (χ1n) is 7.99. The van der Waals surface area contributed by atoms with Crippen molar-refractivity contribution in [2.45, 2.75) is 46.0 Å². The quantitative estimate of drug-likeness (QED) is 0.768. The first-order chi connectivity index (χ1) is 10.2. The Morgan fingerprint density at radius 3 is 2.67 bits per heavy atom. The van der Waals surface area contributed by atoms with Crippen molar-refractivity contribution in [3.8, 4) is 5.75 Å². The van der Waals surface area contributed by atoms with Crippen LogP contribution in [-0.2, 0) is 12.8 Å². The molecule has 1 aliphatic rings. The van der Waals surface area contributed by atoms with Crippen LogP contribution in [0.1, 0.15) is 47.1 Å². The van der Waals surface area contributed by atoms with Gasteiger partial charge in [0.15, 0.2) is 0 Å². The number of fused-ring (bicyclic) bond motifs is 1. The Morgan fingerprint density at radius 2 is 1.90 bits per heavy atom. The summed E-state index contributed by atoms with van der Waals surface area (Å²) in [6, 6.07) is 13.5. The van der Waals surface area contributed by atoms with E-state index >= 15 is 0 Å². The van der Waals surface area contributed by atoms with Gasteiger partial charge < -0.3 is 4.74 Å². The van der Waals surface area contributed by atoms with Gasteiger partial charge in [-0.3, -0.25) is 0 Å². The number of hydrogen-bond acceptors (Lipinski definition) is 1. The van der Waals surface area contributed by atoms with E-state index in [1.165, 1.54) is 27.8 Å². The maximum atomic E-state index is 5.83. The molecule has 0 fully saturated rings. The van der Waals surface area contributed by atoms with Gasteiger partial charge in [0, 0.05) is 11.5 Å². The molecule has 0 N–H and O–H groups in total. The van der Waals surface area contributed by atoms with Gasteiger partial charge in [-0.2, -0.15) is 0 Å². The van der Waals surface area contributed by atoms with Gasteiger partial charge in [-0.1, -0.05) is 42.8 Å². The highest BCUT2D eigenvalue weighted by Crippen LogP contribution is 2.36. The summed E-state index contributed by atoms with van der Waals surface area (Å²) in [6.45, 7) is 7.45. The predicted molar refractivity (Wildman–Crippen MR) is 88.3 cm³/mol. The molecule has 0 saturated carbocycles. The third-order valence-corrected chi connectivity index (χ3v) is 4.63. The van der Waals surface area contributed by atoms with Crippen LogP contribution in [0.4, 0.5) is 0 Å². The minimum atomic E-state index is 0.591. The number of rotatable bonds is 4. The van der Waals surface area contributed by atoms with Crippen LogP contribution in [0.3, 0.4) is 0 Å². The average molecular weight is 280 g/mol. The largest absolute Gasteiger partial charge is 0.493 e. The molecule has 1 heteroatoms. The fourth-order valence-corrected chi connectivity index (χ4v) is 3.22. The molecule has 0 aliphatic carbocycles. The van der Waals surface area contributed by atoms with Crippen molar-refractivity contribution < 1.29 is 4.74 Å². The number of hydrogen-bond donors (Lipinski definition) is 0. The fraction of sp³-hybridized carbons (Fsp3) is 0.400. The van der Waals surface area contributed by atoms with E-state index in [0.29, 0.717) is 5.92 Å². The average Bonchev–Trinajstić information content (AvgIpc) is 2.88. The lowest BCUT2D eigenvalue weighted by Crippen LogP contribution is -1.97. The molecule has 0 radical (unpaired) electrons. The van der Waals surface area contributed by atoms with Crippen molar-refractivity contribution >= 4 is 0 Å². The molecule has 1 atom stereocenters. The van der Waals surface area contributed by atoms with Crippen molar-refractivity contribution in [1.82, 2.24) is 0 Å². The van der Waals surface area contributed by atoms with E-state index in [9.17, 15) is 0 Å². The molecule has 2 aromatic carbocycles. The number of aryl methyl sites for hydroxylation is 4. The van der Waals surface area contributed by atoms with Gasteiger partial charge in [-0.25, -0.2) is 0 Å². The molecule has 0 aromatic heterocycles. The van der Waals surface area contributed by atoms with Gasteiger partial charge in [0.1, 0.15) is 5.75 Å². The summed E-state index contributed by atoms with van der Waals surface area (Å²) < 4.78 is 5.83. The van der Waals surface area contributed by atoms with Crippen molar-refractivity contribution in [2.24, 2.45) is 0 Å². The maximum absolute atomic E-state index is 5.83. The lowest BCUT2D eigenvalue weighted by Gasteiger charge is -2.09. The van der Waals surface area contributed by atoms with Gasteiger partial charge in [0.25, 0.3) is 0 Å². The van der Waals surface area contributed by atoms with Crippen LogP contribution in [0.25, 0.3) is 0 Å². The van der Waals surface area contributed by atoms with Crippen molar-refractivity contribution in [1.29, 1.82) is 0 Å². The molecule has 0 amide bonds. The van der Waals surface area contributed by atoms with E-state index in [1.54, 1.807) is 0 Å². The van der Waals surface area contributed by atoms with Crippen LogP contribution in [0.2, 0.25) is 0 Å². The molecule has 0 spiro atoms. The summed E-state index contributed by atoms with van der Waals surface area (Å²) in [5.74, 6) is 1.70. The summed E-state index contributed by atoms with van der Waals surface area (Å²) in [6.07, 6.45) is 3.34. The Hall–Kier alpha value is -1.76. The fourth-order valence-electron chi connectivity index (χ4n) is 3.22. The molecular weight excluding hydrogens is 256 g/mol. The van der Waals surface area contributed by atoms with Crippen LogP contribution in [0.5, 0.6) is 5.75 Å². The number of benzene rings is 2. The Labute approximate surface area is 128 Å². The molecule has 0 bridgehead atoms. The zero-order valence-corrected chi connectivity index (χ0v) is 13.3. The molecule has 0 saturated heterocycles. The zero-order chi connectivity index (χ0) is 14.8. The van der Waals surface area contributed by atoms with Crippen molar-refractivity contribution in [3.63, 3.8) is 0 Å². The van der Waals surface area contributed by atoms with E-state index in [1.807, 2.05) is 0 Å². The lowest BCUT2D eigenvalue weighted by molar-refractivity contribution is 0.328. The summed E-state index contributed by atoms with van der Waals surface area (Å²) in [7, 11) is 0. The highest BCUT2D eigenvalue weighted by atomic mass is 16.5. The van der Waals surface area contributed by atoms with Crippen molar-refractivity contribution in [3.05, 3.63) is 64.2 Å². The molecule has 110 valence electrons. The van der Waals surface area contributed by atoms with Gasteiger partial charge in [-0.15, -0.1) is 0 Å². The standard InChI is InChI=1S/C20H24O/c1-4-17-13-21-20-12-16(7-10-19(17)20)6-9-18-8-5-14(2)11-15(18)3/h5,7-8,10-12,17H,4,6,9,13H2,1-3H3. The van der Waals surface area contributed by atoms with E-state index < -0.39 is 0 Å². The molecule has 1 unspecified atom stereocenters. The third-order valence-electron chi connectivity index (χ3n) is 4.63. The Balaban J connectivity index is 1.72. The van der Waals surface area contributed by atoms with Crippen LogP contribution in [0, 0.1) is 13.8 Å². The molecule has 3 rings (SSSR count). The molecule has 2 aromatic rings. The van der Waals surface area contributed by atoms with Crippen LogP contribution in [0.15, 0.2) is 36.4 Å². The van der Waals surface area contributed by atoms with Crippen LogP contribution in [-0.4, -0.2) is 6.61 Å². The lowest BCUT2D eigenvalue weighted by atomic mass is 9.95. The van der Waals surface area contributed by atoms with Gasteiger partial charge in [-0.05, 0) is 55.9 Å². The summed E-state index contributed by atoms with van der Waals surface area (Å²) >= 11 is 0. The van der Waals surface area contributed by atoms with E-state index in [2.05, 4.69) is 57.2 Å². The minimum Gasteiger partial charge on any atom is -0.493 e. The molecular formula is C20H24O. The first kappa shape index (κ1) is 14.2. The Bertz CT molecular complexity index is 642. The molecule has 1 aliphatic heterocycles. The topological polar surface area (TPSA) is 9.23 Å². The summed E-state index contributed by atoms with van der Waals surface area (Å²) in [5, 5.41) is 0. The summed E-state index contributed by atoms with van der Waals surface area (Å²) in [4.78, 5) is 0. The van der Waals surface area contributed by atoms with Crippen molar-refractivity contribution in [2.75, 3.05) is 6.61 Å². The predicted octanol–water partition coefficient (Wildman–Crippen LogP) is 4.97. The van der Waals surface area contributed by atoms with Crippen LogP contribution >= 0.6 is 0 Å². The van der Waals surface area contributed by atoms with Gasteiger partial charge in [0.2, 0.25) is 0 Å². The van der Waals surface area contributed by atoms with E-state index in [4.69, 9.17) is 4.74 Å². The Kier molecular flexibility index (Phi) is 4.01. The minimum absolute atomic E-state index is 0.591. The SMILES string of the molecule is CCC1COc2cc(CCc3ccc(C)cc3C)ccc21. The van der Waals surface area contributed by atoms with Gasteiger partial charge in [0.05, 0.1) is 6.61 Å². The first-order valence-corrected chi connectivity index (χ1v) is 7.99. The second-order valence-electron chi connectivity index (χ2n) is 6.22. The maximum Gasteiger partial charge on any atom is 0.123 e. The second kappa shape index (κ2) is 5.93. The smallest absolute Gasteiger partial charge is 0.123 e. The molecule has 1 heterocycles. The van der Waals surface area contributed by atoms with E-state index in [-0.39, 0.29) is 0 Å². The molecule has 21 heavy (non-hydrogen) atoms. The van der Waals surface area contributed by atoms with Gasteiger partial charge >= 0.3 is 0 Å². The molecule has 1 nitrogen and oxygen atoms in total. The summed E-state index contributed by atoms with van der Waals surface area (Å²) in [5.41, 5.74) is 6.97. The number of ether oxygens (including phenoxy) is 1. The highest BCUT2D eigenvalue weighted by molar-refractivity contribution is 5.43. The highest BCUT2D eigenvalue weighted by Gasteiger charge is 2.22. The van der Waals surface area contributed by atoms with Crippen LogP contribution < -0.4 is 4.74 Å². The monoisotopic (exact) mass is 280 g/mol. The Morgan fingerprint density at radius 1 is 1.05 bits per heavy atom.